The van der Waals surface area contributed by atoms with Gasteiger partial charge in [0.2, 0.25) is 0 Å². The Morgan fingerprint density at radius 3 is 1.32 bits per heavy atom. The molecule has 0 aliphatic heterocycles. The predicted molar refractivity (Wildman–Crippen MR) is 70.3 cm³/mol. The highest BCUT2D eigenvalue weighted by molar-refractivity contribution is 8.76. The number of hydrogen-bond donors (Lipinski definition) is 6. The van der Waals surface area contributed by atoms with Crippen LogP contribution in [0.5, 0.6) is 0 Å². The highest BCUT2D eigenvalue weighted by atomic mass is 33.1. The molecule has 0 rings (SSSR count). The number of carbonyl (C=O) groups is 2. The van der Waals surface area contributed by atoms with E-state index in [9.17, 15) is 9.59 Å². The minimum atomic E-state index is -4.67. The van der Waals surface area contributed by atoms with Gasteiger partial charge in [-0.1, -0.05) is 21.6 Å². The molecule has 0 aliphatic carbocycles. The fourth-order valence-electron chi connectivity index (χ4n) is 0.385. The van der Waals surface area contributed by atoms with Gasteiger partial charge in [-0.2, -0.15) is 8.42 Å². The van der Waals surface area contributed by atoms with Crippen molar-refractivity contribution in [3.8, 4) is 0 Å². The summed E-state index contributed by atoms with van der Waals surface area (Å²) in [4.78, 5) is 20.5. The number of rotatable bonds is 7. The van der Waals surface area contributed by atoms with Crippen LogP contribution in [0, 0.1) is 0 Å². The van der Waals surface area contributed by atoms with Crippen LogP contribution in [-0.2, 0) is 20.0 Å². The largest absolute Gasteiger partial charge is 0.480 e. The Morgan fingerprint density at radius 1 is 0.947 bits per heavy atom. The third-order valence-electron chi connectivity index (χ3n) is 1.21. The molecular formula is C6H14N2O8S3. The third kappa shape index (κ3) is 19.9. The normalized spacial score (nSPS) is 13.9. The smallest absolute Gasteiger partial charge is 0.394 e. The van der Waals surface area contributed by atoms with Crippen molar-refractivity contribution >= 4 is 43.9 Å². The van der Waals surface area contributed by atoms with Gasteiger partial charge in [-0.05, 0) is 0 Å². The summed E-state index contributed by atoms with van der Waals surface area (Å²) < 4.78 is 31.6. The second kappa shape index (κ2) is 10.2. The van der Waals surface area contributed by atoms with Crippen LogP contribution in [0.15, 0.2) is 0 Å². The topological polar surface area (TPSA) is 201 Å². The van der Waals surface area contributed by atoms with Crippen molar-refractivity contribution < 1.29 is 37.3 Å². The zero-order chi connectivity index (χ0) is 15.6. The van der Waals surface area contributed by atoms with E-state index in [1.165, 1.54) is 21.6 Å². The molecule has 0 spiro atoms. The van der Waals surface area contributed by atoms with E-state index in [0.717, 1.165) is 0 Å². The van der Waals surface area contributed by atoms with Crippen LogP contribution in [-0.4, -0.2) is 63.3 Å². The van der Waals surface area contributed by atoms with E-state index >= 15 is 0 Å². The van der Waals surface area contributed by atoms with Crippen molar-refractivity contribution in [1.29, 1.82) is 0 Å². The van der Waals surface area contributed by atoms with Gasteiger partial charge >= 0.3 is 22.3 Å². The molecule has 0 fully saturated rings. The number of aliphatic carboxylic acids is 2. The summed E-state index contributed by atoms with van der Waals surface area (Å²) in [5.41, 5.74) is 10.4. The van der Waals surface area contributed by atoms with Crippen LogP contribution in [0.1, 0.15) is 0 Å². The van der Waals surface area contributed by atoms with Gasteiger partial charge in [0.15, 0.2) is 0 Å². The molecule has 0 amide bonds. The van der Waals surface area contributed by atoms with Gasteiger partial charge in [0, 0.05) is 11.5 Å². The molecule has 114 valence electrons. The van der Waals surface area contributed by atoms with Crippen molar-refractivity contribution in [3.05, 3.63) is 0 Å². The molecule has 0 aliphatic rings. The summed E-state index contributed by atoms with van der Waals surface area (Å²) in [5.74, 6) is -1.68. The average molecular weight is 338 g/mol. The second-order valence-corrected chi connectivity index (χ2v) is 6.35. The SMILES string of the molecule is NC(CSSCC(N)C(=O)O)C(=O)O.O=S(=O)(O)O. The molecule has 0 heterocycles. The Morgan fingerprint density at radius 2 is 1.16 bits per heavy atom. The molecule has 0 bridgehead atoms. The van der Waals surface area contributed by atoms with Crippen molar-refractivity contribution in [3.63, 3.8) is 0 Å². The first kappa shape index (κ1) is 20.7. The Balaban J connectivity index is 0. The monoisotopic (exact) mass is 338 g/mol. The summed E-state index contributed by atoms with van der Waals surface area (Å²) in [6.45, 7) is 0. The number of hydrogen-bond acceptors (Lipinski definition) is 8. The molecule has 13 heteroatoms. The van der Waals surface area contributed by atoms with E-state index < -0.39 is 34.4 Å². The molecule has 0 aromatic heterocycles. The van der Waals surface area contributed by atoms with Crippen molar-refractivity contribution in [2.45, 2.75) is 12.1 Å². The molecule has 0 radical (unpaired) electrons. The Kier molecular flexibility index (Phi) is 11.2. The first-order valence-electron chi connectivity index (χ1n) is 4.36. The first-order chi connectivity index (χ1) is 8.45. The zero-order valence-corrected chi connectivity index (χ0v) is 11.8. The number of nitrogens with two attached hydrogens (primary N) is 2. The fourth-order valence-corrected chi connectivity index (χ4v) is 2.61. The first-order valence-corrected chi connectivity index (χ1v) is 8.24. The Bertz CT molecular complexity index is 356. The number of carboxylic acids is 2. The standard InChI is InChI=1S/C6H12N2O4S2.H2O4S/c7-3(5(9)10)1-13-14-2-4(8)6(11)12;1-5(2,3)4/h3-4H,1-2,7-8H2,(H,9,10)(H,11,12);(H2,1,2,3,4). The predicted octanol–water partition coefficient (Wildman–Crippen LogP) is -1.46. The minimum Gasteiger partial charge on any atom is -0.480 e. The van der Waals surface area contributed by atoms with Gasteiger partial charge in [-0.15, -0.1) is 0 Å². The van der Waals surface area contributed by atoms with Crippen LogP contribution in [0.25, 0.3) is 0 Å². The number of carboxylic acid groups (broad SMARTS) is 2. The molecule has 10 nitrogen and oxygen atoms in total. The van der Waals surface area contributed by atoms with Crippen LogP contribution in [0.2, 0.25) is 0 Å². The van der Waals surface area contributed by atoms with Gasteiger partial charge in [0.05, 0.1) is 0 Å². The molecule has 19 heavy (non-hydrogen) atoms. The molecular weight excluding hydrogens is 324 g/mol. The van der Waals surface area contributed by atoms with E-state index in [0.29, 0.717) is 0 Å². The molecule has 2 atom stereocenters. The molecule has 2 unspecified atom stereocenters. The van der Waals surface area contributed by atoms with Crippen molar-refractivity contribution in [2.75, 3.05) is 11.5 Å². The zero-order valence-electron chi connectivity index (χ0n) is 9.37. The Labute approximate surface area is 116 Å². The highest BCUT2D eigenvalue weighted by Gasteiger charge is 2.14. The average Bonchev–Trinajstić information content (AvgIpc) is 2.20. The van der Waals surface area contributed by atoms with Crippen molar-refractivity contribution in [1.82, 2.24) is 0 Å². The van der Waals surface area contributed by atoms with E-state index in [1.807, 2.05) is 0 Å². The lowest BCUT2D eigenvalue weighted by atomic mass is 10.4. The molecule has 0 aromatic carbocycles. The van der Waals surface area contributed by atoms with Gasteiger partial charge in [-0.3, -0.25) is 18.7 Å². The summed E-state index contributed by atoms with van der Waals surface area (Å²) in [6, 6.07) is -1.85. The minimum absolute atomic E-state index is 0.229. The summed E-state index contributed by atoms with van der Waals surface area (Å²) >= 11 is 0. The van der Waals surface area contributed by atoms with Crippen LogP contribution >= 0.6 is 21.6 Å². The van der Waals surface area contributed by atoms with Gasteiger partial charge in [0.25, 0.3) is 0 Å². The summed E-state index contributed by atoms with van der Waals surface area (Å²) in [7, 11) is -2.26. The van der Waals surface area contributed by atoms with Crippen LogP contribution in [0.4, 0.5) is 0 Å². The Hall–Kier alpha value is -0.570. The molecule has 0 aromatic rings. The molecule has 0 saturated carbocycles. The quantitative estimate of drug-likeness (QED) is 0.179. The third-order valence-corrected chi connectivity index (χ3v) is 3.69. The lowest BCUT2D eigenvalue weighted by Crippen LogP contribution is -2.33. The maximum atomic E-state index is 10.3. The molecule has 0 saturated heterocycles. The molecule has 8 N–H and O–H groups in total. The van der Waals surface area contributed by atoms with E-state index in [1.54, 1.807) is 0 Å². The summed E-state index contributed by atoms with van der Waals surface area (Å²) in [6.07, 6.45) is 0. The van der Waals surface area contributed by atoms with E-state index in [2.05, 4.69) is 0 Å². The maximum Gasteiger partial charge on any atom is 0.394 e. The lowest BCUT2D eigenvalue weighted by molar-refractivity contribution is -0.138. The van der Waals surface area contributed by atoms with Gasteiger partial charge < -0.3 is 21.7 Å². The van der Waals surface area contributed by atoms with E-state index in [4.69, 9.17) is 39.2 Å². The summed E-state index contributed by atoms with van der Waals surface area (Å²) in [5, 5.41) is 16.8. The van der Waals surface area contributed by atoms with Gasteiger partial charge in [0.1, 0.15) is 12.1 Å². The van der Waals surface area contributed by atoms with Gasteiger partial charge in [-0.25, -0.2) is 0 Å². The van der Waals surface area contributed by atoms with Crippen LogP contribution in [0.3, 0.4) is 0 Å². The second-order valence-electron chi connectivity index (χ2n) is 2.91. The highest BCUT2D eigenvalue weighted by Crippen LogP contribution is 2.22. The maximum absolute atomic E-state index is 10.3. The van der Waals surface area contributed by atoms with Crippen LogP contribution < -0.4 is 11.5 Å². The van der Waals surface area contributed by atoms with E-state index in [-0.39, 0.29) is 11.5 Å². The fraction of sp³-hybridized carbons (Fsp3) is 0.667. The van der Waals surface area contributed by atoms with Crippen molar-refractivity contribution in [2.24, 2.45) is 11.5 Å². The lowest BCUT2D eigenvalue weighted by Gasteiger charge is -2.07.